The summed E-state index contributed by atoms with van der Waals surface area (Å²) < 4.78 is 0. The third-order valence-electron chi connectivity index (χ3n) is 2.51. The van der Waals surface area contributed by atoms with Crippen molar-refractivity contribution in [2.45, 2.75) is 18.9 Å². The lowest BCUT2D eigenvalue weighted by Gasteiger charge is -2.29. The predicted octanol–water partition coefficient (Wildman–Crippen LogP) is 0.0406. The van der Waals surface area contributed by atoms with E-state index in [1.165, 1.54) is 0 Å². The lowest BCUT2D eigenvalue weighted by Crippen LogP contribution is -2.57. The number of amides is 1. The predicted molar refractivity (Wildman–Crippen MR) is 46.7 cm³/mol. The second kappa shape index (κ2) is 3.27. The first kappa shape index (κ1) is 7.80. The Kier molecular flexibility index (Phi) is 2.13. The van der Waals surface area contributed by atoms with Crippen molar-refractivity contribution in [2.24, 2.45) is 5.92 Å². The summed E-state index contributed by atoms with van der Waals surface area (Å²) in [5.74, 6) is 0.442. The van der Waals surface area contributed by atoms with Gasteiger partial charge < -0.3 is 10.6 Å². The molecule has 0 radical (unpaired) electrons. The Hall–Kier alpha value is -0.830. The van der Waals surface area contributed by atoms with E-state index < -0.39 is 0 Å². The maximum atomic E-state index is 11.5. The van der Waals surface area contributed by atoms with E-state index in [0.717, 1.165) is 25.9 Å². The summed E-state index contributed by atoms with van der Waals surface area (Å²) in [5, 5.41) is 6.14. The Labute approximate surface area is 72.2 Å². The van der Waals surface area contributed by atoms with E-state index in [1.807, 2.05) is 0 Å². The molecule has 1 fully saturated rings. The van der Waals surface area contributed by atoms with Crippen molar-refractivity contribution in [3.8, 4) is 0 Å². The van der Waals surface area contributed by atoms with Crippen LogP contribution in [-0.4, -0.2) is 25.0 Å². The van der Waals surface area contributed by atoms with Crippen molar-refractivity contribution in [3.05, 3.63) is 12.2 Å². The Balaban J connectivity index is 1.75. The molecule has 1 aliphatic heterocycles. The molecule has 1 aliphatic carbocycles. The maximum absolute atomic E-state index is 11.5. The molecule has 0 atom stereocenters. The highest BCUT2D eigenvalue weighted by Crippen LogP contribution is 2.17. The van der Waals surface area contributed by atoms with Crippen molar-refractivity contribution >= 4 is 5.91 Å². The normalized spacial score (nSPS) is 24.0. The second-order valence-electron chi connectivity index (χ2n) is 3.50. The Morgan fingerprint density at radius 2 is 2.00 bits per heavy atom. The average Bonchev–Trinajstić information content (AvgIpc) is 2.47. The number of carbonyl (C=O) groups is 1. The SMILES string of the molecule is O=C(NC1CNC1)C1CC=CC1. The fourth-order valence-electron chi connectivity index (χ4n) is 1.54. The molecular formula is C9H14N2O. The third-order valence-corrected chi connectivity index (χ3v) is 2.51. The number of nitrogens with one attached hydrogen (secondary N) is 2. The molecule has 1 heterocycles. The number of hydrogen-bond donors (Lipinski definition) is 2. The summed E-state index contributed by atoms with van der Waals surface area (Å²) in [6.45, 7) is 1.87. The van der Waals surface area contributed by atoms with Crippen molar-refractivity contribution in [2.75, 3.05) is 13.1 Å². The maximum Gasteiger partial charge on any atom is 0.224 e. The van der Waals surface area contributed by atoms with Gasteiger partial charge in [-0.25, -0.2) is 0 Å². The summed E-state index contributed by atoms with van der Waals surface area (Å²) in [6.07, 6.45) is 6.02. The summed E-state index contributed by atoms with van der Waals surface area (Å²) in [5.41, 5.74) is 0. The molecule has 1 saturated heterocycles. The molecule has 0 unspecified atom stereocenters. The summed E-state index contributed by atoms with van der Waals surface area (Å²) in [4.78, 5) is 11.5. The van der Waals surface area contributed by atoms with Crippen LogP contribution in [0.1, 0.15) is 12.8 Å². The van der Waals surface area contributed by atoms with Gasteiger partial charge in [0.2, 0.25) is 5.91 Å². The quantitative estimate of drug-likeness (QED) is 0.569. The van der Waals surface area contributed by atoms with Gasteiger partial charge in [-0.2, -0.15) is 0 Å². The van der Waals surface area contributed by atoms with Crippen LogP contribution in [0.15, 0.2) is 12.2 Å². The molecule has 0 bridgehead atoms. The van der Waals surface area contributed by atoms with Gasteiger partial charge in [-0.3, -0.25) is 4.79 Å². The molecule has 0 aromatic carbocycles. The first-order valence-corrected chi connectivity index (χ1v) is 4.52. The molecule has 2 aliphatic rings. The second-order valence-corrected chi connectivity index (χ2v) is 3.50. The van der Waals surface area contributed by atoms with E-state index in [4.69, 9.17) is 0 Å². The molecular weight excluding hydrogens is 152 g/mol. The minimum Gasteiger partial charge on any atom is -0.351 e. The summed E-state index contributed by atoms with van der Waals surface area (Å²) >= 11 is 0. The number of allylic oxidation sites excluding steroid dienone is 2. The fourth-order valence-corrected chi connectivity index (χ4v) is 1.54. The Morgan fingerprint density at radius 3 is 2.50 bits per heavy atom. The van der Waals surface area contributed by atoms with Gasteiger partial charge in [-0.1, -0.05) is 12.2 Å². The van der Waals surface area contributed by atoms with Crippen LogP contribution in [-0.2, 0) is 4.79 Å². The molecule has 2 N–H and O–H groups in total. The minimum absolute atomic E-state index is 0.214. The van der Waals surface area contributed by atoms with Crippen molar-refractivity contribution in [1.82, 2.24) is 10.6 Å². The lowest BCUT2D eigenvalue weighted by atomic mass is 10.1. The Bertz CT molecular complexity index is 201. The number of rotatable bonds is 2. The van der Waals surface area contributed by atoms with E-state index in [1.54, 1.807) is 0 Å². The standard InChI is InChI=1S/C9H14N2O/c12-9(7-3-1-2-4-7)11-8-5-10-6-8/h1-2,7-8,10H,3-6H2,(H,11,12). The van der Waals surface area contributed by atoms with E-state index in [-0.39, 0.29) is 11.8 Å². The van der Waals surface area contributed by atoms with Crippen LogP contribution in [0.4, 0.5) is 0 Å². The van der Waals surface area contributed by atoms with Crippen LogP contribution in [0.2, 0.25) is 0 Å². The molecule has 1 amide bonds. The summed E-state index contributed by atoms with van der Waals surface area (Å²) in [7, 11) is 0. The van der Waals surface area contributed by atoms with Crippen LogP contribution in [0, 0.1) is 5.92 Å². The van der Waals surface area contributed by atoms with Crippen LogP contribution in [0.3, 0.4) is 0 Å². The minimum atomic E-state index is 0.214. The molecule has 3 heteroatoms. The molecule has 66 valence electrons. The summed E-state index contributed by atoms with van der Waals surface area (Å²) in [6, 6.07) is 0.387. The molecule has 3 nitrogen and oxygen atoms in total. The van der Waals surface area contributed by atoms with Crippen molar-refractivity contribution < 1.29 is 4.79 Å². The van der Waals surface area contributed by atoms with Gasteiger partial charge in [0.1, 0.15) is 0 Å². The van der Waals surface area contributed by atoms with E-state index in [9.17, 15) is 4.79 Å². The van der Waals surface area contributed by atoms with Crippen LogP contribution in [0.25, 0.3) is 0 Å². The van der Waals surface area contributed by atoms with Gasteiger partial charge in [0.15, 0.2) is 0 Å². The zero-order valence-corrected chi connectivity index (χ0v) is 7.05. The monoisotopic (exact) mass is 166 g/mol. The highest BCUT2D eigenvalue weighted by Gasteiger charge is 2.24. The Morgan fingerprint density at radius 1 is 1.33 bits per heavy atom. The van der Waals surface area contributed by atoms with Gasteiger partial charge in [-0.05, 0) is 12.8 Å². The first-order valence-electron chi connectivity index (χ1n) is 4.52. The third kappa shape index (κ3) is 1.50. The van der Waals surface area contributed by atoms with Gasteiger partial charge >= 0.3 is 0 Å². The highest BCUT2D eigenvalue weighted by atomic mass is 16.2. The van der Waals surface area contributed by atoms with Gasteiger partial charge in [0.25, 0.3) is 0 Å². The molecule has 0 spiro atoms. The van der Waals surface area contributed by atoms with Crippen LogP contribution >= 0.6 is 0 Å². The van der Waals surface area contributed by atoms with Crippen molar-refractivity contribution in [3.63, 3.8) is 0 Å². The molecule has 0 aromatic rings. The number of carbonyl (C=O) groups excluding carboxylic acids is 1. The zero-order valence-electron chi connectivity index (χ0n) is 7.05. The van der Waals surface area contributed by atoms with E-state index in [2.05, 4.69) is 22.8 Å². The van der Waals surface area contributed by atoms with Gasteiger partial charge in [0.05, 0.1) is 6.04 Å². The molecule has 12 heavy (non-hydrogen) atoms. The smallest absolute Gasteiger partial charge is 0.224 e. The average molecular weight is 166 g/mol. The van der Waals surface area contributed by atoms with Crippen molar-refractivity contribution in [1.29, 1.82) is 0 Å². The zero-order chi connectivity index (χ0) is 8.39. The van der Waals surface area contributed by atoms with E-state index >= 15 is 0 Å². The first-order chi connectivity index (χ1) is 5.86. The lowest BCUT2D eigenvalue weighted by molar-refractivity contribution is -0.125. The molecule has 2 rings (SSSR count). The topological polar surface area (TPSA) is 41.1 Å². The van der Waals surface area contributed by atoms with Crippen LogP contribution in [0.5, 0.6) is 0 Å². The highest BCUT2D eigenvalue weighted by molar-refractivity contribution is 5.79. The molecule has 0 saturated carbocycles. The largest absolute Gasteiger partial charge is 0.351 e. The molecule has 0 aromatic heterocycles. The number of hydrogen-bond acceptors (Lipinski definition) is 2. The van der Waals surface area contributed by atoms with Gasteiger partial charge in [-0.15, -0.1) is 0 Å². The van der Waals surface area contributed by atoms with Gasteiger partial charge in [0, 0.05) is 19.0 Å². The van der Waals surface area contributed by atoms with E-state index in [0.29, 0.717) is 6.04 Å². The fraction of sp³-hybridized carbons (Fsp3) is 0.667. The van der Waals surface area contributed by atoms with Crippen LogP contribution < -0.4 is 10.6 Å².